The molecule has 10 heavy (non-hydrogen) atoms. The highest BCUT2D eigenvalue weighted by molar-refractivity contribution is 5.85. The molecular formula is C5H13ClN2O2. The van der Waals surface area contributed by atoms with E-state index in [-0.39, 0.29) is 24.6 Å². The Morgan fingerprint density at radius 1 is 1.60 bits per heavy atom. The van der Waals surface area contributed by atoms with Gasteiger partial charge in [0.15, 0.2) is 0 Å². The molecule has 62 valence electrons. The fourth-order valence-electron chi connectivity index (χ4n) is 0.895. The van der Waals surface area contributed by atoms with Crippen molar-refractivity contribution in [2.45, 2.75) is 18.9 Å². The van der Waals surface area contributed by atoms with E-state index in [2.05, 4.69) is 5.32 Å². The quantitative estimate of drug-likeness (QED) is 0.530. The van der Waals surface area contributed by atoms with Crippen molar-refractivity contribution in [1.29, 1.82) is 0 Å². The topological polar surface area (TPSA) is 84.3 Å². The maximum absolute atomic E-state index is 10.1. The van der Waals surface area contributed by atoms with Gasteiger partial charge in [-0.3, -0.25) is 4.79 Å². The molecule has 1 rings (SSSR count). The van der Waals surface area contributed by atoms with Crippen molar-refractivity contribution in [3.05, 3.63) is 0 Å². The Morgan fingerprint density at radius 2 is 2.20 bits per heavy atom. The molecule has 0 aromatic carbocycles. The summed E-state index contributed by atoms with van der Waals surface area (Å²) in [6.07, 6.45) is 1.78. The van der Waals surface area contributed by atoms with E-state index in [0.717, 1.165) is 19.4 Å². The first kappa shape index (κ1) is 12.4. The lowest BCUT2D eigenvalue weighted by atomic mass is 10.2. The van der Waals surface area contributed by atoms with Crippen LogP contribution in [0.2, 0.25) is 0 Å². The minimum absolute atomic E-state index is 0. The highest BCUT2D eigenvalue weighted by Gasteiger charge is 2.20. The summed E-state index contributed by atoms with van der Waals surface area (Å²) < 4.78 is 0. The fourth-order valence-corrected chi connectivity index (χ4v) is 0.895. The average molecular weight is 169 g/mol. The molecule has 0 bridgehead atoms. The van der Waals surface area contributed by atoms with Gasteiger partial charge in [0.05, 0.1) is 0 Å². The average Bonchev–Trinajstić information content (AvgIpc) is 2.12. The van der Waals surface area contributed by atoms with Gasteiger partial charge in [-0.15, -0.1) is 12.4 Å². The third-order valence-corrected chi connectivity index (χ3v) is 1.36. The maximum Gasteiger partial charge on any atom is 0.320 e. The van der Waals surface area contributed by atoms with E-state index < -0.39 is 5.97 Å². The first-order valence-electron chi connectivity index (χ1n) is 2.77. The third-order valence-electron chi connectivity index (χ3n) is 1.36. The third kappa shape index (κ3) is 3.00. The lowest BCUT2D eigenvalue weighted by Gasteiger charge is -1.99. The highest BCUT2D eigenvalue weighted by atomic mass is 35.5. The Hall–Kier alpha value is -0.320. The Kier molecular flexibility index (Phi) is 6.76. The van der Waals surface area contributed by atoms with Gasteiger partial charge in [-0.1, -0.05) is 0 Å². The normalized spacial score (nSPS) is 22.6. The van der Waals surface area contributed by atoms with Gasteiger partial charge in [0.25, 0.3) is 0 Å². The molecule has 0 aliphatic carbocycles. The van der Waals surface area contributed by atoms with Crippen molar-refractivity contribution in [2.75, 3.05) is 6.54 Å². The molecule has 1 aliphatic heterocycles. The number of hydrogen-bond donors (Lipinski definition) is 3. The van der Waals surface area contributed by atoms with Gasteiger partial charge in [-0.25, -0.2) is 0 Å². The van der Waals surface area contributed by atoms with E-state index in [4.69, 9.17) is 5.11 Å². The van der Waals surface area contributed by atoms with Crippen LogP contribution in [0.3, 0.4) is 0 Å². The monoisotopic (exact) mass is 168 g/mol. The van der Waals surface area contributed by atoms with Gasteiger partial charge in [-0.2, -0.15) is 0 Å². The first-order valence-corrected chi connectivity index (χ1v) is 2.77. The Balaban J connectivity index is 0. The Bertz CT molecular complexity index is 104. The van der Waals surface area contributed by atoms with Gasteiger partial charge in [-0.05, 0) is 19.4 Å². The van der Waals surface area contributed by atoms with Gasteiger partial charge in [0.1, 0.15) is 6.04 Å². The summed E-state index contributed by atoms with van der Waals surface area (Å²) in [7, 11) is 0. The van der Waals surface area contributed by atoms with E-state index in [0.29, 0.717) is 0 Å². The zero-order valence-corrected chi connectivity index (χ0v) is 6.49. The minimum Gasteiger partial charge on any atom is -0.480 e. The van der Waals surface area contributed by atoms with Crippen LogP contribution in [0.25, 0.3) is 0 Å². The second-order valence-corrected chi connectivity index (χ2v) is 1.99. The number of carboxylic acid groups (broad SMARTS) is 1. The van der Waals surface area contributed by atoms with Crippen molar-refractivity contribution in [3.8, 4) is 0 Å². The number of aliphatic carboxylic acids is 1. The summed E-state index contributed by atoms with van der Waals surface area (Å²) in [5, 5.41) is 11.2. The second-order valence-electron chi connectivity index (χ2n) is 1.99. The summed E-state index contributed by atoms with van der Waals surface area (Å²) in [5.41, 5.74) is 0. The molecule has 1 heterocycles. The van der Waals surface area contributed by atoms with Crippen molar-refractivity contribution >= 4 is 18.4 Å². The molecule has 0 amide bonds. The predicted octanol–water partition coefficient (Wildman–Crippen LogP) is 0.407. The van der Waals surface area contributed by atoms with Crippen molar-refractivity contribution in [1.82, 2.24) is 11.5 Å². The largest absolute Gasteiger partial charge is 0.480 e. The van der Waals surface area contributed by atoms with Gasteiger partial charge in [0, 0.05) is 0 Å². The summed E-state index contributed by atoms with van der Waals surface area (Å²) >= 11 is 0. The van der Waals surface area contributed by atoms with Crippen LogP contribution in [0.1, 0.15) is 12.8 Å². The predicted molar refractivity (Wildman–Crippen MR) is 40.9 cm³/mol. The lowest BCUT2D eigenvalue weighted by Crippen LogP contribution is -2.29. The number of carbonyl (C=O) groups is 1. The lowest BCUT2D eigenvalue weighted by molar-refractivity contribution is -0.139. The van der Waals surface area contributed by atoms with Crippen LogP contribution in [-0.2, 0) is 4.79 Å². The smallest absolute Gasteiger partial charge is 0.320 e. The number of carboxylic acids is 1. The molecule has 0 radical (unpaired) electrons. The SMILES string of the molecule is Cl.N.O=C(O)C1CCCN1. The van der Waals surface area contributed by atoms with Crippen LogP contribution in [0.4, 0.5) is 0 Å². The molecule has 1 unspecified atom stereocenters. The van der Waals surface area contributed by atoms with Crippen LogP contribution in [0, 0.1) is 0 Å². The van der Waals surface area contributed by atoms with Gasteiger partial charge < -0.3 is 16.6 Å². The second kappa shape index (κ2) is 5.46. The number of rotatable bonds is 1. The van der Waals surface area contributed by atoms with Crippen LogP contribution in [0.15, 0.2) is 0 Å². The zero-order chi connectivity index (χ0) is 5.98. The molecule has 0 aromatic heterocycles. The number of hydrogen-bond acceptors (Lipinski definition) is 3. The van der Waals surface area contributed by atoms with Crippen LogP contribution < -0.4 is 11.5 Å². The van der Waals surface area contributed by atoms with Crippen molar-refractivity contribution in [2.24, 2.45) is 0 Å². The van der Waals surface area contributed by atoms with Gasteiger partial charge in [0.2, 0.25) is 0 Å². The van der Waals surface area contributed by atoms with Crippen molar-refractivity contribution in [3.63, 3.8) is 0 Å². The van der Waals surface area contributed by atoms with Crippen LogP contribution in [0.5, 0.6) is 0 Å². The molecule has 4 nitrogen and oxygen atoms in total. The number of halogens is 1. The molecule has 1 atom stereocenters. The minimum atomic E-state index is -0.720. The summed E-state index contributed by atoms with van der Waals surface area (Å²) in [6, 6.07) is -0.269. The van der Waals surface area contributed by atoms with E-state index in [9.17, 15) is 4.79 Å². The molecule has 5 heteroatoms. The number of nitrogens with one attached hydrogen (secondary N) is 1. The standard InChI is InChI=1S/C5H9NO2.ClH.H3N/c7-5(8)4-2-1-3-6-4;;/h4,6H,1-3H2,(H,7,8);1H;1H3. The molecule has 1 aliphatic rings. The van der Waals surface area contributed by atoms with E-state index in [1.54, 1.807) is 0 Å². The summed E-state index contributed by atoms with van der Waals surface area (Å²) in [6.45, 7) is 0.858. The highest BCUT2D eigenvalue weighted by Crippen LogP contribution is 2.03. The maximum atomic E-state index is 10.1. The Morgan fingerprint density at radius 3 is 2.40 bits per heavy atom. The molecular weight excluding hydrogens is 156 g/mol. The molecule has 0 aromatic rings. The molecule has 1 fully saturated rings. The molecule has 0 spiro atoms. The molecule has 1 saturated heterocycles. The van der Waals surface area contributed by atoms with Crippen LogP contribution >= 0.6 is 12.4 Å². The van der Waals surface area contributed by atoms with E-state index in [1.807, 2.05) is 0 Å². The summed E-state index contributed by atoms with van der Waals surface area (Å²) in [5.74, 6) is -0.720. The molecule has 0 saturated carbocycles. The first-order chi connectivity index (χ1) is 3.80. The fraction of sp³-hybridized carbons (Fsp3) is 0.800. The van der Waals surface area contributed by atoms with E-state index >= 15 is 0 Å². The van der Waals surface area contributed by atoms with Crippen molar-refractivity contribution < 1.29 is 9.90 Å². The van der Waals surface area contributed by atoms with E-state index in [1.165, 1.54) is 0 Å². The summed E-state index contributed by atoms with van der Waals surface area (Å²) in [4.78, 5) is 10.1. The van der Waals surface area contributed by atoms with Crippen LogP contribution in [-0.4, -0.2) is 23.7 Å². The van der Waals surface area contributed by atoms with Gasteiger partial charge >= 0.3 is 5.97 Å². The molecule has 5 N–H and O–H groups in total. The zero-order valence-electron chi connectivity index (χ0n) is 5.67. The Labute approximate surface area is 66.0 Å².